The number of aromatic nitrogens is 1. The summed E-state index contributed by atoms with van der Waals surface area (Å²) in [6.45, 7) is 0.798. The second-order valence-corrected chi connectivity index (χ2v) is 7.33. The first-order chi connectivity index (χ1) is 14.5. The fourth-order valence-corrected chi connectivity index (χ4v) is 3.78. The van der Waals surface area contributed by atoms with Gasteiger partial charge in [0.2, 0.25) is 5.69 Å². The van der Waals surface area contributed by atoms with Crippen LogP contribution in [0, 0.1) is 0 Å². The van der Waals surface area contributed by atoms with Crippen molar-refractivity contribution in [2.75, 3.05) is 35.4 Å². The van der Waals surface area contributed by atoms with E-state index in [1.807, 2.05) is 30.5 Å². The van der Waals surface area contributed by atoms with Crippen molar-refractivity contribution in [2.45, 2.75) is 13.0 Å². The van der Waals surface area contributed by atoms with Gasteiger partial charge in [-0.25, -0.2) is 4.79 Å². The predicted octanol–water partition coefficient (Wildman–Crippen LogP) is 3.44. The van der Waals surface area contributed by atoms with Gasteiger partial charge in [0.1, 0.15) is 0 Å². The molecule has 1 aromatic heterocycles. The molecule has 30 heavy (non-hydrogen) atoms. The molecule has 1 amide bonds. The van der Waals surface area contributed by atoms with Crippen molar-refractivity contribution in [2.24, 2.45) is 0 Å². The largest absolute Gasteiger partial charge is 0.493 e. The highest BCUT2D eigenvalue weighted by Gasteiger charge is 2.27. The van der Waals surface area contributed by atoms with Gasteiger partial charge in [0.05, 0.1) is 32.3 Å². The van der Waals surface area contributed by atoms with E-state index in [1.54, 1.807) is 35.4 Å². The monoisotopic (exact) mass is 409 g/mol. The molecule has 0 bridgehead atoms. The van der Waals surface area contributed by atoms with Gasteiger partial charge >= 0.3 is 6.09 Å². The van der Waals surface area contributed by atoms with E-state index in [-0.39, 0.29) is 0 Å². The van der Waals surface area contributed by atoms with Crippen molar-refractivity contribution in [1.29, 1.82) is 0 Å². The average Bonchev–Trinajstić information content (AvgIpc) is 2.76. The number of hydrogen-bond acceptors (Lipinski definition) is 5. The molecule has 1 aliphatic rings. The minimum atomic E-state index is -0.453. The third-order valence-corrected chi connectivity index (χ3v) is 5.36. The zero-order chi connectivity index (χ0) is 21.4. The molecule has 0 spiro atoms. The van der Waals surface area contributed by atoms with Gasteiger partial charge in [-0.2, -0.15) is 4.57 Å². The Morgan fingerprint density at radius 3 is 2.33 bits per heavy atom. The van der Waals surface area contributed by atoms with Crippen LogP contribution in [0.25, 0.3) is 22.0 Å². The number of pyridine rings is 1. The lowest BCUT2D eigenvalue weighted by atomic mass is 9.95. The molecule has 0 radical (unpaired) electrons. The van der Waals surface area contributed by atoms with Gasteiger partial charge in [-0.3, -0.25) is 0 Å². The maximum atomic E-state index is 12.2. The lowest BCUT2D eigenvalue weighted by molar-refractivity contribution is -0.686. The highest BCUT2D eigenvalue weighted by molar-refractivity contribution is 5.93. The minimum absolute atomic E-state index is 0.419. The number of carbonyl (C=O) groups is 1. The summed E-state index contributed by atoms with van der Waals surface area (Å²) in [5.41, 5.74) is 3.38. The molecule has 0 saturated carbocycles. The van der Waals surface area contributed by atoms with Crippen molar-refractivity contribution in [3.8, 4) is 34.3 Å². The van der Waals surface area contributed by atoms with Crippen LogP contribution >= 0.6 is 0 Å². The van der Waals surface area contributed by atoms with Crippen LogP contribution in [0.3, 0.4) is 0 Å². The molecule has 2 heterocycles. The molecule has 1 aliphatic heterocycles. The number of carbonyl (C=O) groups excluding carboxylic acids is 1. The first kappa shape index (κ1) is 19.8. The lowest BCUT2D eigenvalue weighted by Gasteiger charge is -2.19. The molecule has 4 rings (SSSR count). The molecule has 0 saturated heterocycles. The first-order valence-electron chi connectivity index (χ1n) is 9.65. The van der Waals surface area contributed by atoms with Crippen molar-refractivity contribution < 1.29 is 28.3 Å². The second kappa shape index (κ2) is 7.74. The second-order valence-electron chi connectivity index (χ2n) is 7.33. The summed E-state index contributed by atoms with van der Waals surface area (Å²) in [5, 5.41) is 1.77. The van der Waals surface area contributed by atoms with E-state index >= 15 is 0 Å². The fourth-order valence-electron chi connectivity index (χ4n) is 3.78. The van der Waals surface area contributed by atoms with Crippen LogP contribution in [0.5, 0.6) is 23.0 Å². The summed E-state index contributed by atoms with van der Waals surface area (Å²) in [7, 11) is 8.15. The molecular formula is C23H25N2O5+. The van der Waals surface area contributed by atoms with Crippen molar-refractivity contribution in [1.82, 2.24) is 4.90 Å². The number of fused-ring (bicyclic) bond motifs is 4. The smallest absolute Gasteiger partial charge is 0.414 e. The lowest BCUT2D eigenvalue weighted by Crippen LogP contribution is -2.40. The highest BCUT2D eigenvalue weighted by atomic mass is 16.6. The first-order valence-corrected chi connectivity index (χ1v) is 9.65. The van der Waals surface area contributed by atoms with Gasteiger partial charge in [-0.1, -0.05) is 0 Å². The topological polar surface area (TPSA) is 61.1 Å². The van der Waals surface area contributed by atoms with Crippen LogP contribution < -0.4 is 23.5 Å². The number of methoxy groups -OCH3 is 3. The van der Waals surface area contributed by atoms with Crippen LogP contribution in [-0.4, -0.2) is 46.4 Å². The number of nitrogens with zero attached hydrogens (tertiary/aromatic N) is 2. The average molecular weight is 409 g/mol. The summed E-state index contributed by atoms with van der Waals surface area (Å²) < 4.78 is 24.2. The van der Waals surface area contributed by atoms with Crippen LogP contribution in [0.1, 0.15) is 5.56 Å². The van der Waals surface area contributed by atoms with Crippen molar-refractivity contribution in [3.63, 3.8) is 0 Å². The molecule has 0 unspecified atom stereocenters. The number of hydrogen-bond donors (Lipinski definition) is 0. The number of amides is 1. The van der Waals surface area contributed by atoms with Gasteiger partial charge in [-0.05, 0) is 35.2 Å². The van der Waals surface area contributed by atoms with Gasteiger partial charge < -0.3 is 23.8 Å². The van der Waals surface area contributed by atoms with Crippen LogP contribution in [0.2, 0.25) is 0 Å². The molecule has 0 atom stereocenters. The summed E-state index contributed by atoms with van der Waals surface area (Å²) in [5.74, 6) is 2.36. The van der Waals surface area contributed by atoms with E-state index in [1.165, 1.54) is 10.5 Å². The SMILES string of the molecule is COc1cc2c(cc1OC)-c1cc3ccc(OC)c(OC(=O)N(C)C)c3c[n+]1CC2. The molecule has 0 aliphatic carbocycles. The molecule has 7 nitrogen and oxygen atoms in total. The third kappa shape index (κ3) is 3.26. The van der Waals surface area contributed by atoms with Crippen molar-refractivity contribution >= 4 is 16.9 Å². The maximum Gasteiger partial charge on any atom is 0.414 e. The van der Waals surface area contributed by atoms with Crippen LogP contribution in [0.4, 0.5) is 4.79 Å². The van der Waals surface area contributed by atoms with Gasteiger partial charge in [0.15, 0.2) is 35.7 Å². The van der Waals surface area contributed by atoms with E-state index in [0.29, 0.717) is 17.2 Å². The summed E-state index contributed by atoms with van der Waals surface area (Å²) >= 11 is 0. The molecule has 0 N–H and O–H groups in total. The maximum absolute atomic E-state index is 12.2. The zero-order valence-corrected chi connectivity index (χ0v) is 17.8. The Bertz CT molecular complexity index is 1140. The number of ether oxygens (including phenoxy) is 4. The van der Waals surface area contributed by atoms with E-state index in [0.717, 1.165) is 40.7 Å². The quantitative estimate of drug-likeness (QED) is 0.618. The minimum Gasteiger partial charge on any atom is -0.493 e. The van der Waals surface area contributed by atoms with Crippen LogP contribution in [0.15, 0.2) is 36.5 Å². The Morgan fingerprint density at radius 2 is 1.67 bits per heavy atom. The standard InChI is InChI=1S/C23H25N2O5/c1-24(2)23(26)30-22-17-13-25-9-8-15-11-20(28-4)21(29-5)12-16(15)18(25)10-14(17)6-7-19(22)27-3/h6-7,10-13H,8-9H2,1-5H3/q+1. The molecule has 7 heteroatoms. The highest BCUT2D eigenvalue weighted by Crippen LogP contribution is 2.40. The van der Waals surface area contributed by atoms with Crippen LogP contribution in [-0.2, 0) is 13.0 Å². The van der Waals surface area contributed by atoms with Gasteiger partial charge in [-0.15, -0.1) is 0 Å². The molecule has 2 aromatic carbocycles. The molecule has 3 aromatic rings. The Labute approximate surface area is 175 Å². The zero-order valence-electron chi connectivity index (χ0n) is 17.8. The van der Waals surface area contributed by atoms with E-state index in [2.05, 4.69) is 10.6 Å². The molecule has 0 fully saturated rings. The van der Waals surface area contributed by atoms with Crippen molar-refractivity contribution in [3.05, 3.63) is 42.1 Å². The third-order valence-electron chi connectivity index (χ3n) is 5.36. The molecular weight excluding hydrogens is 384 g/mol. The Balaban J connectivity index is 1.90. The fraction of sp³-hybridized carbons (Fsp3) is 0.304. The van der Waals surface area contributed by atoms with Gasteiger partial charge in [0.25, 0.3) is 0 Å². The number of benzene rings is 2. The van der Waals surface area contributed by atoms with E-state index < -0.39 is 6.09 Å². The number of rotatable bonds is 4. The molecule has 156 valence electrons. The Hall–Kier alpha value is -3.48. The Kier molecular flexibility index (Phi) is 5.11. The Morgan fingerprint density at radius 1 is 0.967 bits per heavy atom. The van der Waals surface area contributed by atoms with Gasteiger partial charge in [0, 0.05) is 26.6 Å². The summed E-state index contributed by atoms with van der Waals surface area (Å²) in [6, 6.07) is 9.94. The number of aryl methyl sites for hydroxylation is 2. The predicted molar refractivity (Wildman–Crippen MR) is 113 cm³/mol. The summed E-state index contributed by atoms with van der Waals surface area (Å²) in [6.07, 6.45) is 2.42. The van der Waals surface area contributed by atoms with E-state index in [4.69, 9.17) is 18.9 Å². The van der Waals surface area contributed by atoms with E-state index in [9.17, 15) is 4.79 Å². The normalized spacial score (nSPS) is 12.0. The summed E-state index contributed by atoms with van der Waals surface area (Å²) in [4.78, 5) is 13.6.